The van der Waals surface area contributed by atoms with E-state index in [1.165, 1.54) is 12.0 Å². The van der Waals surface area contributed by atoms with Crippen LogP contribution in [0.15, 0.2) is 0 Å². The standard InChI is InChI=1S/C3H7ClOS/c1-2-3-6-5-4/h2-3H2,1H3. The second-order valence-electron chi connectivity index (χ2n) is 0.885. The van der Waals surface area contributed by atoms with Crippen LogP contribution in [0.1, 0.15) is 13.3 Å². The highest BCUT2D eigenvalue weighted by molar-refractivity contribution is 7.95. The Morgan fingerprint density at radius 1 is 1.83 bits per heavy atom. The fraction of sp³-hybridized carbons (Fsp3) is 1.00. The quantitative estimate of drug-likeness (QED) is 0.424. The van der Waals surface area contributed by atoms with Crippen LogP contribution in [0.25, 0.3) is 0 Å². The smallest absolute Gasteiger partial charge is 0.0753 e. The molecule has 0 fully saturated rings. The summed E-state index contributed by atoms with van der Waals surface area (Å²) in [6, 6.07) is 0. The highest BCUT2D eigenvalue weighted by Gasteiger charge is 1.77. The van der Waals surface area contributed by atoms with Crippen molar-refractivity contribution >= 4 is 23.9 Å². The summed E-state index contributed by atoms with van der Waals surface area (Å²) in [7, 11) is 0. The van der Waals surface area contributed by atoms with Gasteiger partial charge in [-0.2, -0.15) is 0 Å². The highest BCUT2D eigenvalue weighted by Crippen LogP contribution is 2.04. The van der Waals surface area contributed by atoms with Gasteiger partial charge in [-0.25, -0.2) is 3.74 Å². The lowest BCUT2D eigenvalue weighted by atomic mass is 10.6. The van der Waals surface area contributed by atoms with E-state index in [-0.39, 0.29) is 0 Å². The van der Waals surface area contributed by atoms with Crippen molar-refractivity contribution in [1.29, 1.82) is 0 Å². The Labute approximate surface area is 47.4 Å². The molecule has 0 unspecified atom stereocenters. The Balaban J connectivity index is 2.34. The minimum atomic E-state index is 0.976. The largest absolute Gasteiger partial charge is 0.207 e. The molecule has 0 aliphatic heterocycles. The molecule has 0 rings (SSSR count). The predicted octanol–water partition coefficient (Wildman–Crippen LogP) is 2.21. The average Bonchev–Trinajstić information content (AvgIpc) is 1.61. The van der Waals surface area contributed by atoms with E-state index in [2.05, 4.69) is 10.7 Å². The van der Waals surface area contributed by atoms with Crippen molar-refractivity contribution in [3.63, 3.8) is 0 Å². The highest BCUT2D eigenvalue weighted by atomic mass is 35.5. The van der Waals surface area contributed by atoms with Crippen LogP contribution in [0.4, 0.5) is 0 Å². The van der Waals surface area contributed by atoms with Gasteiger partial charge in [0.2, 0.25) is 0 Å². The van der Waals surface area contributed by atoms with Gasteiger partial charge in [-0.15, -0.1) is 0 Å². The van der Waals surface area contributed by atoms with Gasteiger partial charge >= 0.3 is 0 Å². The van der Waals surface area contributed by atoms with Gasteiger partial charge in [0.05, 0.1) is 11.9 Å². The molecule has 1 nitrogen and oxygen atoms in total. The van der Waals surface area contributed by atoms with E-state index in [0.717, 1.165) is 12.2 Å². The maximum atomic E-state index is 4.84. The second kappa shape index (κ2) is 5.60. The molecule has 38 valence electrons. The zero-order valence-corrected chi connectivity index (χ0v) is 5.18. The van der Waals surface area contributed by atoms with Crippen LogP contribution >= 0.6 is 23.9 Å². The molecule has 0 aliphatic carbocycles. The van der Waals surface area contributed by atoms with Gasteiger partial charge in [0, 0.05) is 17.8 Å². The predicted molar refractivity (Wildman–Crippen MR) is 29.7 cm³/mol. The topological polar surface area (TPSA) is 9.23 Å². The Kier molecular flexibility index (Phi) is 6.16. The molecule has 0 aromatic rings. The van der Waals surface area contributed by atoms with Crippen LogP contribution in [0.3, 0.4) is 0 Å². The SMILES string of the molecule is CCCSOCl. The van der Waals surface area contributed by atoms with Crippen LogP contribution < -0.4 is 0 Å². The Bertz CT molecular complexity index is 22.8. The van der Waals surface area contributed by atoms with E-state index in [0.29, 0.717) is 0 Å². The summed E-state index contributed by atoms with van der Waals surface area (Å²) in [6.07, 6.45) is 1.11. The molecule has 0 atom stereocenters. The van der Waals surface area contributed by atoms with Crippen molar-refractivity contribution in [3.05, 3.63) is 0 Å². The molecule has 0 bridgehead atoms. The van der Waals surface area contributed by atoms with Crippen molar-refractivity contribution < 1.29 is 3.74 Å². The molecule has 6 heavy (non-hydrogen) atoms. The molecule has 0 radical (unpaired) electrons. The van der Waals surface area contributed by atoms with Gasteiger partial charge in [-0.3, -0.25) is 0 Å². The summed E-state index contributed by atoms with van der Waals surface area (Å²) in [5, 5.41) is 0. The summed E-state index contributed by atoms with van der Waals surface area (Å²) in [4.78, 5) is 0. The molecule has 0 aliphatic rings. The molecule has 0 amide bonds. The molecule has 0 saturated carbocycles. The monoisotopic (exact) mass is 126 g/mol. The van der Waals surface area contributed by atoms with Crippen molar-refractivity contribution in [2.45, 2.75) is 13.3 Å². The normalized spacial score (nSPS) is 9.00. The van der Waals surface area contributed by atoms with E-state index >= 15 is 0 Å². The number of rotatable bonds is 3. The second-order valence-corrected chi connectivity index (χ2v) is 2.03. The third kappa shape index (κ3) is 4.60. The van der Waals surface area contributed by atoms with Crippen LogP contribution in [0.2, 0.25) is 0 Å². The molecule has 0 saturated heterocycles. The van der Waals surface area contributed by atoms with Gasteiger partial charge in [0.1, 0.15) is 0 Å². The van der Waals surface area contributed by atoms with E-state index in [1.807, 2.05) is 0 Å². The van der Waals surface area contributed by atoms with Gasteiger partial charge in [0.25, 0.3) is 0 Å². The lowest BCUT2D eigenvalue weighted by Crippen LogP contribution is -1.67. The fourth-order valence-electron chi connectivity index (χ4n) is 0.115. The maximum absolute atomic E-state index is 4.84. The van der Waals surface area contributed by atoms with E-state index in [1.54, 1.807) is 0 Å². The van der Waals surface area contributed by atoms with Crippen LogP contribution in [-0.2, 0) is 3.74 Å². The minimum Gasteiger partial charge on any atom is -0.207 e. The third-order valence-corrected chi connectivity index (χ3v) is 1.26. The summed E-state index contributed by atoms with van der Waals surface area (Å²) in [6.45, 7) is 2.07. The first kappa shape index (κ1) is 6.60. The molecule has 0 heterocycles. The summed E-state index contributed by atoms with van der Waals surface area (Å²) < 4.78 is 4.17. The Hall–Kier alpha value is 0.600. The average molecular weight is 127 g/mol. The first-order chi connectivity index (χ1) is 2.91. The number of hydrogen-bond acceptors (Lipinski definition) is 2. The van der Waals surface area contributed by atoms with E-state index in [9.17, 15) is 0 Å². The fourth-order valence-corrected chi connectivity index (χ4v) is 0.533. The first-order valence-electron chi connectivity index (χ1n) is 1.82. The maximum Gasteiger partial charge on any atom is 0.0753 e. The zero-order valence-electron chi connectivity index (χ0n) is 3.61. The zero-order chi connectivity index (χ0) is 4.83. The third-order valence-electron chi connectivity index (χ3n) is 0.332. The molecular weight excluding hydrogens is 120 g/mol. The number of hydrogen-bond donors (Lipinski definition) is 0. The summed E-state index contributed by atoms with van der Waals surface area (Å²) >= 11 is 6.12. The lowest BCUT2D eigenvalue weighted by Gasteiger charge is -1.84. The molecule has 0 aromatic heterocycles. The van der Waals surface area contributed by atoms with Gasteiger partial charge in [-0.05, 0) is 6.42 Å². The minimum absolute atomic E-state index is 0.976. The molecule has 0 spiro atoms. The lowest BCUT2D eigenvalue weighted by molar-refractivity contribution is 0.725. The van der Waals surface area contributed by atoms with Gasteiger partial charge < -0.3 is 0 Å². The summed E-state index contributed by atoms with van der Waals surface area (Å²) in [5.74, 6) is 0.976. The Morgan fingerprint density at radius 3 is 2.67 bits per heavy atom. The van der Waals surface area contributed by atoms with Crippen molar-refractivity contribution in [1.82, 2.24) is 0 Å². The molecule has 3 heteroatoms. The van der Waals surface area contributed by atoms with Gasteiger partial charge in [0.15, 0.2) is 0 Å². The number of halogens is 1. The first-order valence-corrected chi connectivity index (χ1v) is 3.04. The Morgan fingerprint density at radius 2 is 2.50 bits per heavy atom. The molecule has 0 aromatic carbocycles. The van der Waals surface area contributed by atoms with Crippen LogP contribution in [0, 0.1) is 0 Å². The van der Waals surface area contributed by atoms with Crippen LogP contribution in [-0.4, -0.2) is 5.75 Å². The van der Waals surface area contributed by atoms with Crippen LogP contribution in [0.5, 0.6) is 0 Å². The van der Waals surface area contributed by atoms with E-state index < -0.39 is 0 Å². The van der Waals surface area contributed by atoms with Crippen molar-refractivity contribution in [2.75, 3.05) is 5.75 Å². The molecule has 0 N–H and O–H groups in total. The van der Waals surface area contributed by atoms with Crippen molar-refractivity contribution in [2.24, 2.45) is 0 Å². The molecular formula is C3H7ClOS. The summed E-state index contributed by atoms with van der Waals surface area (Å²) in [5.41, 5.74) is 0. The van der Waals surface area contributed by atoms with Gasteiger partial charge in [-0.1, -0.05) is 6.92 Å². The van der Waals surface area contributed by atoms with Crippen molar-refractivity contribution in [3.8, 4) is 0 Å². The van der Waals surface area contributed by atoms with E-state index in [4.69, 9.17) is 11.9 Å².